The van der Waals surface area contributed by atoms with Crippen molar-refractivity contribution < 1.29 is 17.9 Å². The molecule has 0 spiro atoms. The van der Waals surface area contributed by atoms with Crippen LogP contribution in [-0.2, 0) is 14.8 Å². The van der Waals surface area contributed by atoms with E-state index in [1.165, 1.54) is 12.1 Å². The molecule has 3 aromatic rings. The third-order valence-electron chi connectivity index (χ3n) is 5.58. The summed E-state index contributed by atoms with van der Waals surface area (Å²) in [5.41, 5.74) is 2.42. The van der Waals surface area contributed by atoms with Crippen LogP contribution < -0.4 is 14.4 Å². The lowest BCUT2D eigenvalue weighted by molar-refractivity contribution is -0.120. The quantitative estimate of drug-likeness (QED) is 0.382. The Morgan fingerprint density at radius 3 is 2.14 bits per heavy atom. The number of anilines is 1. The molecule has 186 valence electrons. The predicted octanol–water partition coefficient (Wildman–Crippen LogP) is 5.49. The summed E-state index contributed by atoms with van der Waals surface area (Å²) in [6.45, 7) is 8.14. The van der Waals surface area contributed by atoms with E-state index in [0.29, 0.717) is 24.0 Å². The Kier molecular flexibility index (Phi) is 8.93. The van der Waals surface area contributed by atoms with Crippen molar-refractivity contribution in [2.75, 3.05) is 17.5 Å². The summed E-state index contributed by atoms with van der Waals surface area (Å²) in [5, 5.41) is 3.06. The van der Waals surface area contributed by atoms with Crippen LogP contribution in [0.5, 0.6) is 5.75 Å². The summed E-state index contributed by atoms with van der Waals surface area (Å²) in [7, 11) is -4.00. The van der Waals surface area contributed by atoms with Gasteiger partial charge in [-0.3, -0.25) is 9.10 Å². The van der Waals surface area contributed by atoms with Gasteiger partial charge in [0.05, 0.1) is 23.2 Å². The lowest BCUT2D eigenvalue weighted by Gasteiger charge is -2.26. The fourth-order valence-electron chi connectivity index (χ4n) is 3.83. The normalized spacial score (nSPS) is 12.3. The molecule has 0 heterocycles. The van der Waals surface area contributed by atoms with Gasteiger partial charge >= 0.3 is 0 Å². The molecule has 0 aliphatic carbocycles. The van der Waals surface area contributed by atoms with Gasteiger partial charge in [-0.15, -0.1) is 0 Å². The van der Waals surface area contributed by atoms with Crippen LogP contribution in [0.4, 0.5) is 5.69 Å². The first-order chi connectivity index (χ1) is 16.7. The number of hydrogen-bond donors (Lipinski definition) is 1. The van der Waals surface area contributed by atoms with Gasteiger partial charge in [0, 0.05) is 0 Å². The van der Waals surface area contributed by atoms with Crippen molar-refractivity contribution >= 4 is 21.6 Å². The van der Waals surface area contributed by atoms with Gasteiger partial charge in [0.25, 0.3) is 10.0 Å². The van der Waals surface area contributed by atoms with Gasteiger partial charge in [-0.2, -0.15) is 0 Å². The number of aryl methyl sites for hydroxylation is 1. The van der Waals surface area contributed by atoms with Crippen LogP contribution >= 0.6 is 0 Å². The van der Waals surface area contributed by atoms with E-state index in [9.17, 15) is 13.2 Å². The van der Waals surface area contributed by atoms with Gasteiger partial charge < -0.3 is 10.1 Å². The molecule has 0 aliphatic heterocycles. The maximum atomic E-state index is 13.7. The monoisotopic (exact) mass is 494 g/mol. The molecule has 7 heteroatoms. The van der Waals surface area contributed by atoms with E-state index in [4.69, 9.17) is 4.74 Å². The molecule has 0 radical (unpaired) electrons. The molecule has 0 aliphatic rings. The highest BCUT2D eigenvalue weighted by molar-refractivity contribution is 7.92. The van der Waals surface area contributed by atoms with Crippen LogP contribution in [0.15, 0.2) is 83.8 Å². The topological polar surface area (TPSA) is 75.7 Å². The third kappa shape index (κ3) is 7.09. The van der Waals surface area contributed by atoms with Gasteiger partial charge in [-0.25, -0.2) is 8.42 Å². The molecule has 1 unspecified atom stereocenters. The fraction of sp³-hybridized carbons (Fsp3) is 0.321. The number of nitrogens with one attached hydrogen (secondary N) is 1. The summed E-state index contributed by atoms with van der Waals surface area (Å²) >= 11 is 0. The molecule has 6 nitrogen and oxygen atoms in total. The second kappa shape index (κ2) is 11.9. The Balaban J connectivity index is 1.90. The first-order valence-corrected chi connectivity index (χ1v) is 13.3. The predicted molar refractivity (Wildman–Crippen MR) is 140 cm³/mol. The van der Waals surface area contributed by atoms with Crippen LogP contribution in [0.2, 0.25) is 0 Å². The summed E-state index contributed by atoms with van der Waals surface area (Å²) in [4.78, 5) is 13.3. The zero-order chi connectivity index (χ0) is 25.4. The van der Waals surface area contributed by atoms with Crippen LogP contribution in [-0.4, -0.2) is 27.5 Å². The van der Waals surface area contributed by atoms with E-state index < -0.39 is 10.0 Å². The van der Waals surface area contributed by atoms with E-state index in [1.54, 1.807) is 24.3 Å². The Morgan fingerprint density at radius 1 is 0.943 bits per heavy atom. The molecule has 1 N–H and O–H groups in total. The number of benzene rings is 3. The van der Waals surface area contributed by atoms with E-state index in [-0.39, 0.29) is 23.4 Å². The third-order valence-corrected chi connectivity index (χ3v) is 7.36. The number of hydrogen-bond acceptors (Lipinski definition) is 4. The second-order valence-electron chi connectivity index (χ2n) is 8.91. The van der Waals surface area contributed by atoms with Crippen LogP contribution in [0.1, 0.15) is 44.4 Å². The molecular weight excluding hydrogens is 460 g/mol. The number of carbonyl (C=O) groups is 1. The first-order valence-electron chi connectivity index (χ1n) is 11.9. The van der Waals surface area contributed by atoms with Gasteiger partial charge in [0.15, 0.2) is 0 Å². The largest absolute Gasteiger partial charge is 0.494 e. The molecule has 0 saturated carbocycles. The van der Waals surface area contributed by atoms with Gasteiger partial charge in [-0.05, 0) is 68.1 Å². The molecule has 35 heavy (non-hydrogen) atoms. The molecule has 0 fully saturated rings. The van der Waals surface area contributed by atoms with Crippen LogP contribution in [0.25, 0.3) is 0 Å². The minimum Gasteiger partial charge on any atom is -0.494 e. The maximum Gasteiger partial charge on any atom is 0.264 e. The van der Waals surface area contributed by atoms with Gasteiger partial charge in [-0.1, -0.05) is 61.9 Å². The SMILES string of the molecule is CCOc1ccc(S(=O)(=O)N(CC(=O)NC(CC(C)C)c2ccccc2)c2ccc(C)cc2)cc1. The van der Waals surface area contributed by atoms with E-state index >= 15 is 0 Å². The lowest BCUT2D eigenvalue weighted by atomic mass is 9.97. The van der Waals surface area contributed by atoms with E-state index in [2.05, 4.69) is 19.2 Å². The molecule has 3 aromatic carbocycles. The van der Waals surface area contributed by atoms with Crippen LogP contribution in [0.3, 0.4) is 0 Å². The van der Waals surface area contributed by atoms with Gasteiger partial charge in [0.1, 0.15) is 12.3 Å². The average Bonchev–Trinajstić information content (AvgIpc) is 2.83. The van der Waals surface area contributed by atoms with Crippen molar-refractivity contribution in [1.29, 1.82) is 0 Å². The van der Waals surface area contributed by atoms with E-state index in [0.717, 1.165) is 21.9 Å². The molecule has 3 rings (SSSR count). The number of sulfonamides is 1. The van der Waals surface area contributed by atoms with Crippen molar-refractivity contribution in [3.05, 3.63) is 90.0 Å². The highest BCUT2D eigenvalue weighted by atomic mass is 32.2. The van der Waals surface area contributed by atoms with Crippen molar-refractivity contribution in [1.82, 2.24) is 5.32 Å². The molecule has 1 amide bonds. The summed E-state index contributed by atoms with van der Waals surface area (Å²) < 4.78 is 33.9. The average molecular weight is 495 g/mol. The Morgan fingerprint density at radius 2 is 1.57 bits per heavy atom. The minimum atomic E-state index is -4.00. The number of carbonyl (C=O) groups excluding carboxylic acids is 1. The van der Waals surface area contributed by atoms with Crippen molar-refractivity contribution in [3.63, 3.8) is 0 Å². The summed E-state index contributed by atoms with van der Waals surface area (Å²) in [6.07, 6.45) is 0.742. The van der Waals surface area contributed by atoms with Crippen molar-refractivity contribution in [3.8, 4) is 5.75 Å². The van der Waals surface area contributed by atoms with E-state index in [1.807, 2.05) is 56.3 Å². The standard InChI is InChI=1S/C28H34N2O4S/c1-5-34-25-15-17-26(18-16-25)35(32,33)30(24-13-11-22(4)12-14-24)20-28(31)29-27(19-21(2)3)23-9-7-6-8-10-23/h6-18,21,27H,5,19-20H2,1-4H3,(H,29,31). The number of nitrogens with zero attached hydrogens (tertiary/aromatic N) is 1. The summed E-state index contributed by atoms with van der Waals surface area (Å²) in [5.74, 6) is 0.571. The fourth-order valence-corrected chi connectivity index (χ4v) is 5.25. The van der Waals surface area contributed by atoms with Crippen molar-refractivity contribution in [2.45, 2.75) is 45.1 Å². The molecule has 0 bridgehead atoms. The maximum absolute atomic E-state index is 13.7. The smallest absolute Gasteiger partial charge is 0.264 e. The van der Waals surface area contributed by atoms with Crippen molar-refractivity contribution in [2.24, 2.45) is 5.92 Å². The number of amides is 1. The van der Waals surface area contributed by atoms with Gasteiger partial charge in [0.2, 0.25) is 5.91 Å². The first kappa shape index (κ1) is 26.3. The Hall–Kier alpha value is -3.32. The summed E-state index contributed by atoms with van der Waals surface area (Å²) in [6, 6.07) is 22.9. The minimum absolute atomic E-state index is 0.0936. The van der Waals surface area contributed by atoms with Crippen LogP contribution in [0, 0.1) is 12.8 Å². The Bertz CT molecular complexity index is 1190. The zero-order valence-corrected chi connectivity index (χ0v) is 21.6. The Labute approximate surface area is 209 Å². The lowest BCUT2D eigenvalue weighted by Crippen LogP contribution is -2.42. The zero-order valence-electron chi connectivity index (χ0n) is 20.8. The molecule has 1 atom stereocenters. The highest BCUT2D eigenvalue weighted by Gasteiger charge is 2.28. The number of ether oxygens (including phenoxy) is 1. The number of rotatable bonds is 11. The highest BCUT2D eigenvalue weighted by Crippen LogP contribution is 2.26. The molecule has 0 aromatic heterocycles. The molecular formula is C28H34N2O4S. The molecule has 0 saturated heterocycles. The second-order valence-corrected chi connectivity index (χ2v) is 10.8.